The van der Waals surface area contributed by atoms with Crippen LogP contribution in [0.1, 0.15) is 45.2 Å². The second-order valence-corrected chi connectivity index (χ2v) is 7.21. The minimum atomic E-state index is 0.394. The lowest BCUT2D eigenvalue weighted by molar-refractivity contribution is 0.127. The topological polar surface area (TPSA) is 21.3 Å². The van der Waals surface area contributed by atoms with Crippen molar-refractivity contribution in [3.63, 3.8) is 0 Å². The summed E-state index contributed by atoms with van der Waals surface area (Å²) in [5, 5.41) is 4.90. The number of nitrogens with one attached hydrogen (secondary N) is 1. The molecule has 0 amide bonds. The Bertz CT molecular complexity index is 384. The van der Waals surface area contributed by atoms with E-state index in [-0.39, 0.29) is 0 Å². The summed E-state index contributed by atoms with van der Waals surface area (Å²) in [5.41, 5.74) is 1.40. The molecular weight excluding hydrogens is 266 g/mol. The number of thioether (sulfide) groups is 1. The highest BCUT2D eigenvalue weighted by atomic mass is 32.2. The highest BCUT2D eigenvalue weighted by molar-refractivity contribution is 8.00. The lowest BCUT2D eigenvalue weighted by Crippen LogP contribution is -2.31. The molecule has 1 heterocycles. The fraction of sp³-hybridized carbons (Fsp3) is 0.647. The smallest absolute Gasteiger partial charge is 0.0666 e. The molecule has 0 saturated carbocycles. The van der Waals surface area contributed by atoms with Gasteiger partial charge in [-0.25, -0.2) is 0 Å². The van der Waals surface area contributed by atoms with Crippen LogP contribution in [0.2, 0.25) is 0 Å². The van der Waals surface area contributed by atoms with Crippen LogP contribution >= 0.6 is 11.8 Å². The van der Waals surface area contributed by atoms with Gasteiger partial charge < -0.3 is 10.1 Å². The summed E-state index contributed by atoms with van der Waals surface area (Å²) in [6, 6.07) is 11.3. The van der Waals surface area contributed by atoms with Gasteiger partial charge in [0.05, 0.1) is 6.10 Å². The zero-order valence-electron chi connectivity index (χ0n) is 12.8. The highest BCUT2D eigenvalue weighted by Gasteiger charge is 2.29. The molecule has 3 heteroatoms. The molecule has 1 aliphatic heterocycles. The van der Waals surface area contributed by atoms with Gasteiger partial charge in [-0.3, -0.25) is 0 Å². The molecule has 0 aromatic heterocycles. The molecular formula is C17H27NOS. The Morgan fingerprint density at radius 3 is 2.70 bits per heavy atom. The normalized spacial score (nSPS) is 25.6. The van der Waals surface area contributed by atoms with Gasteiger partial charge in [0.2, 0.25) is 0 Å². The third-order valence-electron chi connectivity index (χ3n) is 3.94. The van der Waals surface area contributed by atoms with E-state index in [0.29, 0.717) is 22.6 Å². The fourth-order valence-corrected chi connectivity index (χ4v) is 4.25. The summed E-state index contributed by atoms with van der Waals surface area (Å²) < 4.78 is 5.69. The molecule has 0 radical (unpaired) electrons. The second-order valence-electron chi connectivity index (χ2n) is 5.59. The van der Waals surface area contributed by atoms with Gasteiger partial charge in [0.15, 0.2) is 0 Å². The van der Waals surface area contributed by atoms with Crippen LogP contribution in [0.25, 0.3) is 0 Å². The van der Waals surface area contributed by atoms with Gasteiger partial charge in [0.1, 0.15) is 0 Å². The molecule has 1 aromatic rings. The molecule has 0 bridgehead atoms. The zero-order chi connectivity index (χ0) is 14.4. The van der Waals surface area contributed by atoms with Crippen LogP contribution in [0, 0.1) is 0 Å². The molecule has 1 aromatic carbocycles. The fourth-order valence-electron chi connectivity index (χ4n) is 2.76. The largest absolute Gasteiger partial charge is 0.377 e. The Hall–Kier alpha value is -0.510. The number of rotatable bonds is 7. The maximum atomic E-state index is 5.69. The van der Waals surface area contributed by atoms with Crippen LogP contribution in [0.15, 0.2) is 30.3 Å². The Kier molecular flexibility index (Phi) is 6.40. The van der Waals surface area contributed by atoms with Crippen molar-refractivity contribution in [1.29, 1.82) is 0 Å². The van der Waals surface area contributed by atoms with Crippen molar-refractivity contribution >= 4 is 11.8 Å². The molecule has 1 saturated heterocycles. The Morgan fingerprint density at radius 1 is 1.35 bits per heavy atom. The van der Waals surface area contributed by atoms with Crippen molar-refractivity contribution in [1.82, 2.24) is 5.32 Å². The van der Waals surface area contributed by atoms with E-state index in [4.69, 9.17) is 4.74 Å². The monoisotopic (exact) mass is 293 g/mol. The number of hydrogen-bond acceptors (Lipinski definition) is 3. The molecule has 20 heavy (non-hydrogen) atoms. The molecule has 0 aliphatic carbocycles. The van der Waals surface area contributed by atoms with Crippen molar-refractivity contribution in [2.45, 2.75) is 56.3 Å². The maximum absolute atomic E-state index is 5.69. The minimum Gasteiger partial charge on any atom is -0.377 e. The van der Waals surface area contributed by atoms with E-state index in [1.165, 1.54) is 18.4 Å². The lowest BCUT2D eigenvalue weighted by atomic mass is 10.0. The minimum absolute atomic E-state index is 0.394. The van der Waals surface area contributed by atoms with Gasteiger partial charge in [-0.15, -0.1) is 0 Å². The van der Waals surface area contributed by atoms with Crippen molar-refractivity contribution in [3.05, 3.63) is 35.9 Å². The molecule has 4 unspecified atom stereocenters. The van der Waals surface area contributed by atoms with Crippen molar-refractivity contribution in [2.75, 3.05) is 13.2 Å². The Morgan fingerprint density at radius 2 is 2.10 bits per heavy atom. The van der Waals surface area contributed by atoms with Gasteiger partial charge >= 0.3 is 0 Å². The third-order valence-corrected chi connectivity index (χ3v) is 5.61. The molecule has 4 atom stereocenters. The predicted octanol–water partition coefficient (Wildman–Crippen LogP) is 4.03. The summed E-state index contributed by atoms with van der Waals surface area (Å²) in [6.45, 7) is 8.76. The summed E-state index contributed by atoms with van der Waals surface area (Å²) in [6.07, 6.45) is 2.75. The third kappa shape index (κ3) is 4.24. The first-order chi connectivity index (χ1) is 9.72. The van der Waals surface area contributed by atoms with E-state index in [1.807, 2.05) is 0 Å². The standard InChI is InChI=1S/C17H27NOS/c1-4-11-18-17(15-8-6-5-7-9-15)14(3)20-16-10-12-19-13(16)2/h5-9,13-14,16-18H,4,10-12H2,1-3H3. The summed E-state index contributed by atoms with van der Waals surface area (Å²) in [5.74, 6) is 0. The average molecular weight is 293 g/mol. The van der Waals surface area contributed by atoms with Crippen LogP contribution in [0.3, 0.4) is 0 Å². The van der Waals surface area contributed by atoms with Gasteiger partial charge in [0, 0.05) is 23.1 Å². The molecule has 1 fully saturated rings. The Labute approximate surface area is 127 Å². The van der Waals surface area contributed by atoms with Crippen molar-refractivity contribution < 1.29 is 4.74 Å². The number of ether oxygens (including phenoxy) is 1. The molecule has 1 aliphatic rings. The zero-order valence-corrected chi connectivity index (χ0v) is 13.7. The van der Waals surface area contributed by atoms with Gasteiger partial charge in [-0.05, 0) is 31.9 Å². The van der Waals surface area contributed by atoms with E-state index in [9.17, 15) is 0 Å². The quantitative estimate of drug-likeness (QED) is 0.820. The lowest BCUT2D eigenvalue weighted by Gasteiger charge is -2.28. The molecule has 1 N–H and O–H groups in total. The first-order valence-electron chi connectivity index (χ1n) is 7.77. The van der Waals surface area contributed by atoms with Crippen molar-refractivity contribution in [3.8, 4) is 0 Å². The van der Waals surface area contributed by atoms with Crippen LogP contribution in [-0.2, 0) is 4.74 Å². The van der Waals surface area contributed by atoms with Gasteiger partial charge in [-0.1, -0.05) is 44.2 Å². The number of hydrogen-bond donors (Lipinski definition) is 1. The Balaban J connectivity index is 2.01. The highest BCUT2D eigenvalue weighted by Crippen LogP contribution is 2.35. The average Bonchev–Trinajstić information content (AvgIpc) is 2.86. The van der Waals surface area contributed by atoms with E-state index in [1.54, 1.807) is 0 Å². The molecule has 0 spiro atoms. The van der Waals surface area contributed by atoms with E-state index in [0.717, 1.165) is 13.2 Å². The maximum Gasteiger partial charge on any atom is 0.0666 e. The SMILES string of the molecule is CCCNC(c1ccccc1)C(C)SC1CCOC1C. The molecule has 112 valence electrons. The van der Waals surface area contributed by atoms with Crippen molar-refractivity contribution in [2.24, 2.45) is 0 Å². The van der Waals surface area contributed by atoms with E-state index in [2.05, 4.69) is 68.2 Å². The molecule has 2 rings (SSSR count). The summed E-state index contributed by atoms with van der Waals surface area (Å²) in [4.78, 5) is 0. The van der Waals surface area contributed by atoms with Gasteiger partial charge in [0.25, 0.3) is 0 Å². The van der Waals surface area contributed by atoms with Crippen LogP contribution in [-0.4, -0.2) is 29.8 Å². The van der Waals surface area contributed by atoms with Crippen LogP contribution in [0.4, 0.5) is 0 Å². The summed E-state index contributed by atoms with van der Waals surface area (Å²) in [7, 11) is 0. The number of benzene rings is 1. The van der Waals surface area contributed by atoms with Crippen LogP contribution in [0.5, 0.6) is 0 Å². The first-order valence-corrected chi connectivity index (χ1v) is 8.72. The van der Waals surface area contributed by atoms with Crippen LogP contribution < -0.4 is 5.32 Å². The predicted molar refractivity (Wildman–Crippen MR) is 88.3 cm³/mol. The molecule has 2 nitrogen and oxygen atoms in total. The van der Waals surface area contributed by atoms with E-state index >= 15 is 0 Å². The first kappa shape index (κ1) is 15.9. The van der Waals surface area contributed by atoms with Gasteiger partial charge in [-0.2, -0.15) is 11.8 Å². The summed E-state index contributed by atoms with van der Waals surface area (Å²) >= 11 is 2.08. The second kappa shape index (κ2) is 8.06. The van der Waals surface area contributed by atoms with E-state index < -0.39 is 0 Å².